The van der Waals surface area contributed by atoms with Crippen molar-refractivity contribution in [2.24, 2.45) is 0 Å². The molecule has 33 heavy (non-hydrogen) atoms. The largest absolute Gasteiger partial charge is 0.487 e. The number of hydrogen-bond acceptors (Lipinski definition) is 6. The first-order chi connectivity index (χ1) is 15.6. The van der Waals surface area contributed by atoms with Gasteiger partial charge in [0.05, 0.1) is 0 Å². The zero-order chi connectivity index (χ0) is 23.8. The van der Waals surface area contributed by atoms with Crippen molar-refractivity contribution >= 4 is 29.5 Å². The average molecular weight is 478 g/mol. The lowest BCUT2D eigenvalue weighted by atomic mass is 9.77. The maximum Gasteiger partial charge on any atom is 0.325 e. The highest BCUT2D eigenvalue weighted by atomic mass is 35.5. The number of nitrogens with one attached hydrogen (secondary N) is 1. The van der Waals surface area contributed by atoms with Crippen LogP contribution in [0.15, 0.2) is 18.2 Å². The van der Waals surface area contributed by atoms with Crippen LogP contribution in [-0.4, -0.2) is 65.6 Å². The minimum atomic E-state index is -1.16. The molecule has 1 aromatic carbocycles. The Hall–Kier alpha value is -2.32. The summed E-state index contributed by atoms with van der Waals surface area (Å²) < 4.78 is 11.3. The third kappa shape index (κ3) is 4.96. The number of piperidine rings is 1. The number of hydrogen-bond donors (Lipinski definition) is 1. The summed E-state index contributed by atoms with van der Waals surface area (Å²) in [7, 11) is 0. The molecule has 3 aliphatic heterocycles. The molecule has 3 heterocycles. The van der Waals surface area contributed by atoms with E-state index < -0.39 is 11.1 Å². The van der Waals surface area contributed by atoms with Crippen LogP contribution >= 0.6 is 11.6 Å². The smallest absolute Gasteiger partial charge is 0.325 e. The van der Waals surface area contributed by atoms with Crippen molar-refractivity contribution < 1.29 is 23.9 Å². The van der Waals surface area contributed by atoms with Gasteiger partial charge in [-0.1, -0.05) is 11.6 Å². The Morgan fingerprint density at radius 1 is 1.21 bits per heavy atom. The van der Waals surface area contributed by atoms with Crippen molar-refractivity contribution in [1.29, 1.82) is 0 Å². The number of halogens is 1. The van der Waals surface area contributed by atoms with Crippen LogP contribution in [0, 0.1) is 0 Å². The molecule has 1 N–H and O–H groups in total. The lowest BCUT2D eigenvalue weighted by Gasteiger charge is -2.42. The fraction of sp³-hybridized carbons (Fsp3) is 0.625. The number of imide groups is 1. The second kappa shape index (κ2) is 9.14. The summed E-state index contributed by atoms with van der Waals surface area (Å²) in [6, 6.07) is 4.83. The van der Waals surface area contributed by atoms with Gasteiger partial charge in [0.25, 0.3) is 5.91 Å². The van der Waals surface area contributed by atoms with E-state index in [9.17, 15) is 14.4 Å². The number of carbonyl (C=O) groups is 3. The van der Waals surface area contributed by atoms with Gasteiger partial charge >= 0.3 is 12.0 Å². The molecule has 1 aromatic rings. The topological polar surface area (TPSA) is 88.2 Å². The zero-order valence-corrected chi connectivity index (χ0v) is 20.2. The fourth-order valence-electron chi connectivity index (χ4n) is 5.21. The number of unbranched alkanes of at least 4 members (excludes halogenated alkanes) is 1. The van der Waals surface area contributed by atoms with Gasteiger partial charge in [-0.3, -0.25) is 14.5 Å². The van der Waals surface area contributed by atoms with E-state index in [1.54, 1.807) is 18.2 Å². The Morgan fingerprint density at radius 3 is 2.61 bits per heavy atom. The lowest BCUT2D eigenvalue weighted by Crippen LogP contribution is -2.53. The number of amides is 3. The number of carbonyl (C=O) groups excluding carboxylic acids is 3. The number of rotatable bonds is 6. The highest BCUT2D eigenvalue weighted by Gasteiger charge is 2.58. The number of esters is 1. The number of likely N-dealkylation sites (tertiary alicyclic amines) is 1. The zero-order valence-electron chi connectivity index (χ0n) is 19.5. The van der Waals surface area contributed by atoms with Crippen molar-refractivity contribution in [3.8, 4) is 5.75 Å². The first kappa shape index (κ1) is 23.8. The second-order valence-electron chi connectivity index (χ2n) is 9.83. The average Bonchev–Trinajstić information content (AvgIpc) is 2.96. The summed E-state index contributed by atoms with van der Waals surface area (Å²) in [5.41, 5.74) is -1.15. The van der Waals surface area contributed by atoms with Crippen LogP contribution in [0.1, 0.15) is 58.4 Å². The molecule has 1 spiro atoms. The van der Waals surface area contributed by atoms with E-state index in [2.05, 4.69) is 10.2 Å². The van der Waals surface area contributed by atoms with Crippen LogP contribution in [0.25, 0.3) is 0 Å². The van der Waals surface area contributed by atoms with Crippen molar-refractivity contribution in [3.63, 3.8) is 0 Å². The molecule has 1 unspecified atom stereocenters. The van der Waals surface area contributed by atoms with Crippen LogP contribution in [0.3, 0.4) is 0 Å². The number of ether oxygens (including phenoxy) is 2. The molecule has 9 heteroatoms. The second-order valence-corrected chi connectivity index (χ2v) is 10.3. The van der Waals surface area contributed by atoms with Gasteiger partial charge in [0.15, 0.2) is 5.54 Å². The van der Waals surface area contributed by atoms with Gasteiger partial charge < -0.3 is 19.7 Å². The Morgan fingerprint density at radius 2 is 1.91 bits per heavy atom. The molecular weight excluding hydrogens is 446 g/mol. The van der Waals surface area contributed by atoms with E-state index >= 15 is 0 Å². The monoisotopic (exact) mass is 477 g/mol. The van der Waals surface area contributed by atoms with E-state index in [-0.39, 0.29) is 24.0 Å². The summed E-state index contributed by atoms with van der Waals surface area (Å²) in [6.45, 7) is 8.31. The number of benzene rings is 1. The molecule has 8 nitrogen and oxygen atoms in total. The van der Waals surface area contributed by atoms with Crippen LogP contribution < -0.4 is 10.1 Å². The molecular formula is C24H32ClN3O5. The molecule has 4 rings (SSSR count). The van der Waals surface area contributed by atoms with Crippen LogP contribution in [0.2, 0.25) is 5.02 Å². The van der Waals surface area contributed by atoms with Crippen LogP contribution in [0.5, 0.6) is 5.75 Å². The molecule has 2 fully saturated rings. The fourth-order valence-corrected chi connectivity index (χ4v) is 5.39. The predicted octanol–water partition coefficient (Wildman–Crippen LogP) is 3.46. The van der Waals surface area contributed by atoms with E-state index in [4.69, 9.17) is 21.1 Å². The summed E-state index contributed by atoms with van der Waals surface area (Å²) >= 11 is 6.22. The quantitative estimate of drug-likeness (QED) is 0.383. The molecule has 1 atom stereocenters. The predicted molar refractivity (Wildman–Crippen MR) is 123 cm³/mol. The van der Waals surface area contributed by atoms with Gasteiger partial charge in [-0.05, 0) is 64.3 Å². The summed E-state index contributed by atoms with van der Waals surface area (Å²) in [5, 5.41) is 3.46. The highest BCUT2D eigenvalue weighted by Crippen LogP contribution is 2.47. The third-order valence-electron chi connectivity index (χ3n) is 6.63. The van der Waals surface area contributed by atoms with Gasteiger partial charge in [0, 0.05) is 43.6 Å². The molecule has 0 aliphatic carbocycles. The van der Waals surface area contributed by atoms with Gasteiger partial charge in [-0.2, -0.15) is 0 Å². The van der Waals surface area contributed by atoms with Crippen molar-refractivity contribution in [2.75, 3.05) is 26.2 Å². The van der Waals surface area contributed by atoms with Gasteiger partial charge in [0.1, 0.15) is 17.5 Å². The Labute approximate surface area is 199 Å². The molecule has 180 valence electrons. The van der Waals surface area contributed by atoms with Crippen molar-refractivity contribution in [2.45, 2.75) is 70.1 Å². The Kier molecular flexibility index (Phi) is 6.60. The minimum Gasteiger partial charge on any atom is -0.487 e. The number of fused-ring (bicyclic) bond motifs is 2. The van der Waals surface area contributed by atoms with E-state index in [1.807, 2.05) is 13.8 Å². The molecule has 3 amide bonds. The first-order valence-corrected chi connectivity index (χ1v) is 12.0. The molecule has 0 aromatic heterocycles. The Bertz CT molecular complexity index is 944. The van der Waals surface area contributed by atoms with Gasteiger partial charge in [0.2, 0.25) is 0 Å². The van der Waals surface area contributed by atoms with E-state index in [0.717, 1.165) is 45.3 Å². The highest BCUT2D eigenvalue weighted by molar-refractivity contribution is 6.30. The normalized spacial score (nSPS) is 25.0. The molecule has 0 radical (unpaired) electrons. The maximum absolute atomic E-state index is 13.6. The van der Waals surface area contributed by atoms with Gasteiger partial charge in [-0.15, -0.1) is 0 Å². The number of nitrogens with zero attached hydrogens (tertiary/aromatic N) is 2. The van der Waals surface area contributed by atoms with Crippen molar-refractivity contribution in [3.05, 3.63) is 28.8 Å². The third-order valence-corrected chi connectivity index (χ3v) is 6.86. The summed E-state index contributed by atoms with van der Waals surface area (Å²) in [5.74, 6) is 0.107. The van der Waals surface area contributed by atoms with E-state index in [1.165, 1.54) is 11.8 Å². The van der Waals surface area contributed by atoms with Crippen molar-refractivity contribution in [1.82, 2.24) is 15.1 Å². The minimum absolute atomic E-state index is 0.0148. The first-order valence-electron chi connectivity index (χ1n) is 11.6. The molecule has 0 bridgehead atoms. The van der Waals surface area contributed by atoms with E-state index in [0.29, 0.717) is 29.3 Å². The summed E-state index contributed by atoms with van der Waals surface area (Å²) in [6.07, 6.45) is 3.64. The lowest BCUT2D eigenvalue weighted by molar-refractivity contribution is -0.148. The molecule has 2 saturated heterocycles. The summed E-state index contributed by atoms with van der Waals surface area (Å²) in [4.78, 5) is 41.2. The maximum atomic E-state index is 13.6. The van der Waals surface area contributed by atoms with Crippen LogP contribution in [0.4, 0.5) is 4.79 Å². The molecule has 0 saturated carbocycles. The number of urea groups is 1. The Balaban J connectivity index is 1.35. The van der Waals surface area contributed by atoms with Gasteiger partial charge in [-0.25, -0.2) is 4.79 Å². The SMILES string of the molecule is CC(=O)OC1CCN(CCCCN2C(=O)NC3(CC(C)(C)Oc4ccc(Cl)cc43)C2=O)CC1. The van der Waals surface area contributed by atoms with Crippen LogP contribution in [-0.2, 0) is 19.9 Å². The standard InChI is InChI=1S/C24H32ClN3O5/c1-16(29)32-18-8-12-27(13-9-18)10-4-5-11-28-21(30)24(26-22(28)31)15-23(2,3)33-20-7-6-17(25)14-19(20)24/h6-7,14,18H,4-5,8-13,15H2,1-3H3,(H,26,31). The molecule has 3 aliphatic rings.